The van der Waals surface area contributed by atoms with E-state index in [1.165, 1.54) is 0 Å². The van der Waals surface area contributed by atoms with Crippen LogP contribution >= 0.6 is 11.8 Å². The van der Waals surface area contributed by atoms with Gasteiger partial charge in [-0.25, -0.2) is 4.79 Å². The molecule has 0 radical (unpaired) electrons. The highest BCUT2D eigenvalue weighted by Crippen LogP contribution is 2.19. The highest BCUT2D eigenvalue weighted by molar-refractivity contribution is 7.99. The highest BCUT2D eigenvalue weighted by atomic mass is 32.2. The van der Waals surface area contributed by atoms with Gasteiger partial charge in [-0.1, -0.05) is 0 Å². The minimum atomic E-state index is -1.05. The smallest absolute Gasteiger partial charge is 0.323 e. The number of hydrogen-bond acceptors (Lipinski definition) is 3. The standard InChI is InChI=1S/C8H16N2O3S/c1-8(2,14-3)5-10-7(13)9-4-6(11)12/h4-5H2,1-3H3,(H,11,12)(H2,9,10,13). The summed E-state index contributed by atoms with van der Waals surface area (Å²) in [5, 5.41) is 13.1. The monoisotopic (exact) mass is 220 g/mol. The predicted octanol–water partition coefficient (Wildman–Crippen LogP) is 0.512. The molecule has 5 nitrogen and oxygen atoms in total. The average molecular weight is 220 g/mol. The second-order valence-corrected chi connectivity index (χ2v) is 4.91. The number of carboxylic acid groups (broad SMARTS) is 1. The maximum atomic E-state index is 11.0. The van der Waals surface area contributed by atoms with Crippen molar-refractivity contribution in [1.29, 1.82) is 0 Å². The van der Waals surface area contributed by atoms with Gasteiger partial charge in [0.2, 0.25) is 0 Å². The average Bonchev–Trinajstić information content (AvgIpc) is 2.11. The molecule has 3 N–H and O–H groups in total. The Bertz CT molecular complexity index is 219. The third-order valence-electron chi connectivity index (χ3n) is 1.63. The van der Waals surface area contributed by atoms with Gasteiger partial charge in [0.25, 0.3) is 0 Å². The van der Waals surface area contributed by atoms with Crippen molar-refractivity contribution in [2.24, 2.45) is 0 Å². The number of carboxylic acids is 1. The van der Waals surface area contributed by atoms with Crippen LogP contribution in [0.1, 0.15) is 13.8 Å². The number of aliphatic carboxylic acids is 1. The van der Waals surface area contributed by atoms with Crippen molar-refractivity contribution in [1.82, 2.24) is 10.6 Å². The molecule has 82 valence electrons. The van der Waals surface area contributed by atoms with E-state index >= 15 is 0 Å². The van der Waals surface area contributed by atoms with Crippen molar-refractivity contribution in [3.05, 3.63) is 0 Å². The molecule has 2 amide bonds. The van der Waals surface area contributed by atoms with E-state index in [1.54, 1.807) is 11.8 Å². The lowest BCUT2D eigenvalue weighted by Gasteiger charge is -2.22. The Labute approximate surface area is 87.6 Å². The zero-order valence-electron chi connectivity index (χ0n) is 8.59. The molecule has 0 aliphatic rings. The van der Waals surface area contributed by atoms with Crippen LogP contribution in [-0.4, -0.2) is 41.2 Å². The van der Waals surface area contributed by atoms with Crippen LogP contribution < -0.4 is 10.6 Å². The zero-order valence-corrected chi connectivity index (χ0v) is 9.40. The van der Waals surface area contributed by atoms with Gasteiger partial charge >= 0.3 is 12.0 Å². The molecular formula is C8H16N2O3S. The fraction of sp³-hybridized carbons (Fsp3) is 0.750. The van der Waals surface area contributed by atoms with E-state index in [0.29, 0.717) is 6.54 Å². The Kier molecular flexibility index (Phi) is 5.37. The summed E-state index contributed by atoms with van der Waals surface area (Å²) in [5.41, 5.74) is 0. The number of rotatable bonds is 5. The fourth-order valence-corrected chi connectivity index (χ4v) is 0.800. The van der Waals surface area contributed by atoms with Gasteiger partial charge in [0.15, 0.2) is 0 Å². The number of carbonyl (C=O) groups is 2. The lowest BCUT2D eigenvalue weighted by atomic mass is 10.2. The van der Waals surface area contributed by atoms with E-state index in [0.717, 1.165) is 0 Å². The summed E-state index contributed by atoms with van der Waals surface area (Å²) < 4.78 is -0.0411. The summed E-state index contributed by atoms with van der Waals surface area (Å²) in [4.78, 5) is 21.1. The van der Waals surface area contributed by atoms with Gasteiger partial charge in [0.1, 0.15) is 6.54 Å². The Balaban J connectivity index is 3.69. The van der Waals surface area contributed by atoms with Crippen molar-refractivity contribution in [3.8, 4) is 0 Å². The Hall–Kier alpha value is -0.910. The van der Waals surface area contributed by atoms with E-state index in [-0.39, 0.29) is 11.3 Å². The van der Waals surface area contributed by atoms with Crippen LogP contribution in [0.4, 0.5) is 4.79 Å². The van der Waals surface area contributed by atoms with Crippen molar-refractivity contribution < 1.29 is 14.7 Å². The first-order valence-electron chi connectivity index (χ1n) is 4.16. The molecule has 6 heteroatoms. The molecule has 0 spiro atoms. The maximum Gasteiger partial charge on any atom is 0.323 e. The van der Waals surface area contributed by atoms with Crippen molar-refractivity contribution in [2.45, 2.75) is 18.6 Å². The third kappa shape index (κ3) is 6.59. The summed E-state index contributed by atoms with van der Waals surface area (Å²) in [5.74, 6) is -1.05. The fourth-order valence-electron chi connectivity index (χ4n) is 0.584. The lowest BCUT2D eigenvalue weighted by molar-refractivity contribution is -0.135. The van der Waals surface area contributed by atoms with Crippen LogP contribution in [-0.2, 0) is 4.79 Å². The molecule has 0 aliphatic heterocycles. The molecule has 0 rings (SSSR count). The lowest BCUT2D eigenvalue weighted by Crippen LogP contribution is -2.43. The Morgan fingerprint density at radius 1 is 1.36 bits per heavy atom. The minimum absolute atomic E-state index is 0.0411. The van der Waals surface area contributed by atoms with Gasteiger partial charge in [-0.2, -0.15) is 11.8 Å². The minimum Gasteiger partial charge on any atom is -0.480 e. The highest BCUT2D eigenvalue weighted by Gasteiger charge is 2.16. The van der Waals surface area contributed by atoms with Crippen molar-refractivity contribution >= 4 is 23.8 Å². The van der Waals surface area contributed by atoms with Crippen molar-refractivity contribution in [3.63, 3.8) is 0 Å². The van der Waals surface area contributed by atoms with Crippen LogP contribution in [0.25, 0.3) is 0 Å². The van der Waals surface area contributed by atoms with Gasteiger partial charge < -0.3 is 15.7 Å². The molecule has 0 atom stereocenters. The quantitative estimate of drug-likeness (QED) is 0.631. The summed E-state index contributed by atoms with van der Waals surface area (Å²) in [6.07, 6.45) is 1.96. The second kappa shape index (κ2) is 5.74. The Morgan fingerprint density at radius 3 is 2.36 bits per heavy atom. The normalized spacial score (nSPS) is 10.8. The van der Waals surface area contributed by atoms with E-state index in [9.17, 15) is 9.59 Å². The zero-order chi connectivity index (χ0) is 11.2. The summed E-state index contributed by atoms with van der Waals surface area (Å²) in [7, 11) is 0. The maximum absolute atomic E-state index is 11.0. The molecule has 0 aromatic heterocycles. The molecule has 0 bridgehead atoms. The molecule has 14 heavy (non-hydrogen) atoms. The van der Waals surface area contributed by atoms with Crippen molar-refractivity contribution in [2.75, 3.05) is 19.3 Å². The number of carbonyl (C=O) groups excluding carboxylic acids is 1. The van der Waals surface area contributed by atoms with Gasteiger partial charge in [0, 0.05) is 11.3 Å². The largest absolute Gasteiger partial charge is 0.480 e. The van der Waals surface area contributed by atoms with Gasteiger partial charge in [-0.3, -0.25) is 4.79 Å². The van der Waals surface area contributed by atoms with E-state index in [2.05, 4.69) is 10.6 Å². The molecule has 0 saturated carbocycles. The molecule has 0 heterocycles. The van der Waals surface area contributed by atoms with Gasteiger partial charge in [0.05, 0.1) is 0 Å². The van der Waals surface area contributed by atoms with Gasteiger partial charge in [-0.05, 0) is 20.1 Å². The molecule has 0 fully saturated rings. The van der Waals surface area contributed by atoms with E-state index in [1.807, 2.05) is 20.1 Å². The number of amides is 2. The summed E-state index contributed by atoms with van der Waals surface area (Å²) >= 11 is 1.63. The molecule has 0 aromatic rings. The van der Waals surface area contributed by atoms with Crippen LogP contribution in [0, 0.1) is 0 Å². The molecule has 0 saturated heterocycles. The summed E-state index contributed by atoms with van der Waals surface area (Å²) in [6, 6.07) is -0.450. The molecule has 0 aromatic carbocycles. The number of hydrogen-bond donors (Lipinski definition) is 3. The third-order valence-corrected chi connectivity index (χ3v) is 2.88. The molecular weight excluding hydrogens is 204 g/mol. The number of thioether (sulfide) groups is 1. The van der Waals surface area contributed by atoms with Crippen LogP contribution in [0.5, 0.6) is 0 Å². The van der Waals surface area contributed by atoms with Crippen LogP contribution in [0.3, 0.4) is 0 Å². The van der Waals surface area contributed by atoms with Gasteiger partial charge in [-0.15, -0.1) is 0 Å². The summed E-state index contributed by atoms with van der Waals surface area (Å²) in [6.45, 7) is 4.13. The topological polar surface area (TPSA) is 78.4 Å². The Morgan fingerprint density at radius 2 is 1.93 bits per heavy atom. The predicted molar refractivity (Wildman–Crippen MR) is 56.6 cm³/mol. The van der Waals surface area contributed by atoms with E-state index in [4.69, 9.17) is 5.11 Å². The SMILES string of the molecule is CSC(C)(C)CNC(=O)NCC(=O)O. The first kappa shape index (κ1) is 13.1. The first-order chi connectivity index (χ1) is 6.37. The van der Waals surface area contributed by atoms with Crippen LogP contribution in [0.15, 0.2) is 0 Å². The molecule has 0 aliphatic carbocycles. The molecule has 0 unspecified atom stereocenters. The number of urea groups is 1. The first-order valence-corrected chi connectivity index (χ1v) is 5.38. The van der Waals surface area contributed by atoms with Crippen LogP contribution in [0.2, 0.25) is 0 Å². The van der Waals surface area contributed by atoms with E-state index < -0.39 is 12.0 Å². The number of nitrogens with one attached hydrogen (secondary N) is 2. The second-order valence-electron chi connectivity index (χ2n) is 3.39.